The molecule has 0 saturated carbocycles. The predicted molar refractivity (Wildman–Crippen MR) is 80.8 cm³/mol. The summed E-state index contributed by atoms with van der Waals surface area (Å²) in [6.07, 6.45) is 2.19. The second-order valence-electron chi connectivity index (χ2n) is 4.87. The monoisotopic (exact) mass is 297 g/mol. The second-order valence-corrected chi connectivity index (χ2v) is 4.87. The van der Waals surface area contributed by atoms with Crippen molar-refractivity contribution in [1.29, 1.82) is 0 Å². The van der Waals surface area contributed by atoms with Crippen LogP contribution < -0.4 is 16.4 Å². The smallest absolute Gasteiger partial charge is 0.228 e. The van der Waals surface area contributed by atoms with Gasteiger partial charge in [-0.15, -0.1) is 12.4 Å². The SMILES string of the molecule is Cl.NC(=O)Cc1ccc(NC(=O)C2CCCNC2)cc1. The highest BCUT2D eigenvalue weighted by atomic mass is 35.5. The molecule has 1 aromatic carbocycles. The Labute approximate surface area is 124 Å². The van der Waals surface area contributed by atoms with Gasteiger partial charge in [-0.1, -0.05) is 12.1 Å². The van der Waals surface area contributed by atoms with E-state index in [1.54, 1.807) is 24.3 Å². The zero-order valence-electron chi connectivity index (χ0n) is 11.2. The Hall–Kier alpha value is -1.59. The van der Waals surface area contributed by atoms with Crippen molar-refractivity contribution in [3.8, 4) is 0 Å². The lowest BCUT2D eigenvalue weighted by Crippen LogP contribution is -2.37. The molecule has 0 spiro atoms. The Morgan fingerprint density at radius 1 is 1.30 bits per heavy atom. The van der Waals surface area contributed by atoms with E-state index < -0.39 is 0 Å². The summed E-state index contributed by atoms with van der Waals surface area (Å²) in [5, 5.41) is 6.12. The molecule has 110 valence electrons. The molecule has 1 aliphatic heterocycles. The molecule has 1 atom stereocenters. The van der Waals surface area contributed by atoms with Crippen LogP contribution in [0.1, 0.15) is 18.4 Å². The Balaban J connectivity index is 0.00000200. The summed E-state index contributed by atoms with van der Waals surface area (Å²) in [4.78, 5) is 22.8. The van der Waals surface area contributed by atoms with Crippen molar-refractivity contribution in [3.05, 3.63) is 29.8 Å². The van der Waals surface area contributed by atoms with E-state index in [-0.39, 0.29) is 36.6 Å². The third-order valence-electron chi connectivity index (χ3n) is 3.27. The highest BCUT2D eigenvalue weighted by Crippen LogP contribution is 2.15. The number of benzene rings is 1. The molecule has 1 unspecified atom stereocenters. The van der Waals surface area contributed by atoms with Gasteiger partial charge in [0.05, 0.1) is 12.3 Å². The Kier molecular flexibility index (Phi) is 6.48. The number of halogens is 1. The van der Waals surface area contributed by atoms with E-state index in [0.29, 0.717) is 0 Å². The average molecular weight is 298 g/mol. The molecule has 5 nitrogen and oxygen atoms in total. The third kappa shape index (κ3) is 4.83. The average Bonchev–Trinajstić information content (AvgIpc) is 2.41. The minimum absolute atomic E-state index is 0. The molecule has 4 N–H and O–H groups in total. The largest absolute Gasteiger partial charge is 0.369 e. The first-order valence-electron chi connectivity index (χ1n) is 6.54. The normalized spacial score (nSPS) is 17.9. The van der Waals surface area contributed by atoms with E-state index in [0.717, 1.165) is 37.2 Å². The number of nitrogens with one attached hydrogen (secondary N) is 2. The number of hydrogen-bond acceptors (Lipinski definition) is 3. The molecule has 0 radical (unpaired) electrons. The molecule has 0 bridgehead atoms. The van der Waals surface area contributed by atoms with Crippen molar-refractivity contribution in [1.82, 2.24) is 5.32 Å². The summed E-state index contributed by atoms with van der Waals surface area (Å²) in [6.45, 7) is 1.73. The number of rotatable bonds is 4. The summed E-state index contributed by atoms with van der Waals surface area (Å²) in [5.74, 6) is -0.265. The van der Waals surface area contributed by atoms with Gasteiger partial charge in [-0.2, -0.15) is 0 Å². The van der Waals surface area contributed by atoms with Crippen LogP contribution in [0.2, 0.25) is 0 Å². The first kappa shape index (κ1) is 16.5. The van der Waals surface area contributed by atoms with Crippen LogP contribution in [0.25, 0.3) is 0 Å². The van der Waals surface area contributed by atoms with Gasteiger partial charge in [0.1, 0.15) is 0 Å². The summed E-state index contributed by atoms with van der Waals surface area (Å²) in [7, 11) is 0. The molecule has 2 amide bonds. The highest BCUT2D eigenvalue weighted by molar-refractivity contribution is 5.92. The number of amides is 2. The van der Waals surface area contributed by atoms with Gasteiger partial charge >= 0.3 is 0 Å². The molecule has 20 heavy (non-hydrogen) atoms. The molecule has 1 aliphatic rings. The van der Waals surface area contributed by atoms with E-state index in [9.17, 15) is 9.59 Å². The lowest BCUT2D eigenvalue weighted by Gasteiger charge is -2.21. The van der Waals surface area contributed by atoms with Crippen LogP contribution in [0.5, 0.6) is 0 Å². The number of carbonyl (C=O) groups is 2. The van der Waals surface area contributed by atoms with Crippen molar-refractivity contribution in [2.24, 2.45) is 11.7 Å². The van der Waals surface area contributed by atoms with E-state index in [1.807, 2.05) is 0 Å². The second kappa shape index (κ2) is 7.87. The van der Waals surface area contributed by atoms with Gasteiger partial charge in [0, 0.05) is 12.2 Å². The van der Waals surface area contributed by atoms with Crippen molar-refractivity contribution in [2.75, 3.05) is 18.4 Å². The van der Waals surface area contributed by atoms with Crippen LogP contribution in [-0.4, -0.2) is 24.9 Å². The molecule has 2 rings (SSSR count). The van der Waals surface area contributed by atoms with Crippen LogP contribution in [0.3, 0.4) is 0 Å². The van der Waals surface area contributed by atoms with Crippen LogP contribution in [0, 0.1) is 5.92 Å². The number of piperidine rings is 1. The minimum Gasteiger partial charge on any atom is -0.369 e. The fourth-order valence-corrected chi connectivity index (χ4v) is 2.23. The molecule has 0 aromatic heterocycles. The number of hydrogen-bond donors (Lipinski definition) is 3. The van der Waals surface area contributed by atoms with Crippen LogP contribution in [0.4, 0.5) is 5.69 Å². The minimum atomic E-state index is -0.356. The molecule has 1 heterocycles. The van der Waals surface area contributed by atoms with Crippen LogP contribution in [-0.2, 0) is 16.0 Å². The topological polar surface area (TPSA) is 84.2 Å². The zero-order valence-corrected chi connectivity index (χ0v) is 12.0. The third-order valence-corrected chi connectivity index (χ3v) is 3.27. The van der Waals surface area contributed by atoms with Crippen molar-refractivity contribution >= 4 is 29.9 Å². The van der Waals surface area contributed by atoms with E-state index >= 15 is 0 Å². The standard InChI is InChI=1S/C14H19N3O2.ClH/c15-13(18)8-10-3-5-12(6-4-10)17-14(19)11-2-1-7-16-9-11;/h3-6,11,16H,1-2,7-9H2,(H2,15,18)(H,17,19);1H. The first-order valence-corrected chi connectivity index (χ1v) is 6.54. The molecular formula is C14H20ClN3O2. The number of carbonyl (C=O) groups excluding carboxylic acids is 2. The van der Waals surface area contributed by atoms with Crippen molar-refractivity contribution in [2.45, 2.75) is 19.3 Å². The fourth-order valence-electron chi connectivity index (χ4n) is 2.23. The zero-order chi connectivity index (χ0) is 13.7. The Morgan fingerprint density at radius 3 is 2.55 bits per heavy atom. The molecule has 6 heteroatoms. The Morgan fingerprint density at radius 2 is 2.00 bits per heavy atom. The van der Waals surface area contributed by atoms with Crippen LogP contribution >= 0.6 is 12.4 Å². The van der Waals surface area contributed by atoms with E-state index in [1.165, 1.54) is 0 Å². The summed E-state index contributed by atoms with van der Waals surface area (Å²) >= 11 is 0. The lowest BCUT2D eigenvalue weighted by atomic mass is 9.99. The van der Waals surface area contributed by atoms with Gasteiger partial charge in [0.2, 0.25) is 11.8 Å². The van der Waals surface area contributed by atoms with Gasteiger partial charge in [-0.05, 0) is 37.1 Å². The van der Waals surface area contributed by atoms with Crippen molar-refractivity contribution in [3.63, 3.8) is 0 Å². The number of primary amides is 1. The van der Waals surface area contributed by atoms with Crippen LogP contribution in [0.15, 0.2) is 24.3 Å². The highest BCUT2D eigenvalue weighted by Gasteiger charge is 2.20. The Bertz CT molecular complexity index is 456. The quantitative estimate of drug-likeness (QED) is 0.777. The van der Waals surface area contributed by atoms with Gasteiger partial charge in [-0.3, -0.25) is 9.59 Å². The maximum absolute atomic E-state index is 12.0. The maximum atomic E-state index is 12.0. The predicted octanol–water partition coefficient (Wildman–Crippen LogP) is 1.07. The number of nitrogens with two attached hydrogens (primary N) is 1. The summed E-state index contributed by atoms with van der Waals surface area (Å²) < 4.78 is 0. The van der Waals surface area contributed by atoms with Crippen molar-refractivity contribution < 1.29 is 9.59 Å². The van der Waals surface area contributed by atoms with E-state index in [2.05, 4.69) is 10.6 Å². The molecule has 1 saturated heterocycles. The maximum Gasteiger partial charge on any atom is 0.228 e. The molecule has 1 fully saturated rings. The van der Waals surface area contributed by atoms with Gasteiger partial charge in [-0.25, -0.2) is 0 Å². The van der Waals surface area contributed by atoms with Gasteiger partial charge in [0.25, 0.3) is 0 Å². The molecular weight excluding hydrogens is 278 g/mol. The van der Waals surface area contributed by atoms with Gasteiger partial charge in [0.15, 0.2) is 0 Å². The molecule has 1 aromatic rings. The first-order chi connectivity index (χ1) is 9.15. The lowest BCUT2D eigenvalue weighted by molar-refractivity contribution is -0.120. The van der Waals surface area contributed by atoms with Gasteiger partial charge < -0.3 is 16.4 Å². The molecule has 0 aliphatic carbocycles. The summed E-state index contributed by atoms with van der Waals surface area (Å²) in [5.41, 5.74) is 6.73. The fraction of sp³-hybridized carbons (Fsp3) is 0.429. The van der Waals surface area contributed by atoms with E-state index in [4.69, 9.17) is 5.73 Å². The summed E-state index contributed by atoms with van der Waals surface area (Å²) in [6, 6.07) is 7.21. The number of anilines is 1.